The Morgan fingerprint density at radius 3 is 2.32 bits per heavy atom. The molecule has 10 heteroatoms. The number of nitro benzene ring substituents is 2. The number of aliphatic hydroxyl groups is 1. The van der Waals surface area contributed by atoms with E-state index >= 15 is 0 Å². The second kappa shape index (κ2) is 14.6. The van der Waals surface area contributed by atoms with Gasteiger partial charge < -0.3 is 10.4 Å². The predicted octanol–water partition coefficient (Wildman–Crippen LogP) is 5.69. The van der Waals surface area contributed by atoms with Gasteiger partial charge in [0.15, 0.2) is 0 Å². The molecule has 1 aliphatic rings. The van der Waals surface area contributed by atoms with Gasteiger partial charge in [-0.05, 0) is 52.0 Å². The molecule has 0 spiro atoms. The molecule has 1 aromatic rings. The van der Waals surface area contributed by atoms with Crippen molar-refractivity contribution < 1.29 is 15.0 Å². The maximum absolute atomic E-state index is 11.2. The van der Waals surface area contributed by atoms with Crippen LogP contribution < -0.4 is 10.7 Å². The minimum absolute atomic E-state index is 0.140. The second-order valence-corrected chi connectivity index (χ2v) is 9.34. The van der Waals surface area contributed by atoms with E-state index in [1.54, 1.807) is 0 Å². The third-order valence-corrected chi connectivity index (χ3v) is 6.48. The van der Waals surface area contributed by atoms with Crippen LogP contribution in [0.15, 0.2) is 23.3 Å². The summed E-state index contributed by atoms with van der Waals surface area (Å²) in [4.78, 5) is 20.7. The zero-order valence-electron chi connectivity index (χ0n) is 20.4. The Balaban J connectivity index is 1.53. The molecule has 0 aromatic heterocycles. The van der Waals surface area contributed by atoms with Gasteiger partial charge in [0.25, 0.3) is 5.69 Å². The molecule has 1 saturated heterocycles. The fourth-order valence-corrected chi connectivity index (χ4v) is 4.34. The van der Waals surface area contributed by atoms with Crippen molar-refractivity contribution in [2.45, 2.75) is 109 Å². The van der Waals surface area contributed by atoms with Crippen LogP contribution in [0.4, 0.5) is 17.1 Å². The van der Waals surface area contributed by atoms with Crippen LogP contribution >= 0.6 is 0 Å². The highest BCUT2D eigenvalue weighted by atomic mass is 16.6. The highest BCUT2D eigenvalue weighted by Crippen LogP contribution is 2.29. The van der Waals surface area contributed by atoms with Gasteiger partial charge in [-0.25, -0.2) is 0 Å². The number of unbranched alkanes of at least 4 members (excludes halogenated alkanes) is 7. The number of anilines is 1. The van der Waals surface area contributed by atoms with Gasteiger partial charge >= 0.3 is 5.69 Å². The lowest BCUT2D eigenvalue weighted by Crippen LogP contribution is -2.48. The molecule has 0 radical (unpaired) electrons. The molecule has 2 rings (SSSR count). The molecule has 10 nitrogen and oxygen atoms in total. The summed E-state index contributed by atoms with van der Waals surface area (Å²) in [5, 5.41) is 39.5. The van der Waals surface area contributed by atoms with Crippen LogP contribution in [-0.4, -0.2) is 38.9 Å². The van der Waals surface area contributed by atoms with Crippen molar-refractivity contribution in [1.82, 2.24) is 5.32 Å². The number of hydrazone groups is 1. The van der Waals surface area contributed by atoms with E-state index in [0.717, 1.165) is 43.9 Å². The first kappa shape index (κ1) is 27.7. The molecule has 1 fully saturated rings. The molecule has 34 heavy (non-hydrogen) atoms. The number of hydrogen-bond donors (Lipinski definition) is 3. The number of aliphatic hydroxyl groups excluding tert-OH is 1. The van der Waals surface area contributed by atoms with Gasteiger partial charge in [0, 0.05) is 23.9 Å². The molecule has 190 valence electrons. The standard InChI is InChI=1S/C24H39N5O5/c1-18(26-27-22-15-14-21(28(31)32)17-23(22)29(33)34)11-9-7-5-3-4-6-8-10-12-20-13-16-24(30)19(2)25-20/h14-15,17,19-20,24-25,27,30H,3-13,16H2,1-2H3/b26-18-/t19-,20+,24-/m1/s1. The van der Waals surface area contributed by atoms with Gasteiger partial charge in [-0.1, -0.05) is 44.9 Å². The van der Waals surface area contributed by atoms with E-state index in [1.165, 1.54) is 57.1 Å². The van der Waals surface area contributed by atoms with Gasteiger partial charge in [0.05, 0.1) is 22.0 Å². The van der Waals surface area contributed by atoms with Crippen LogP contribution in [0.3, 0.4) is 0 Å². The van der Waals surface area contributed by atoms with Crippen LogP contribution in [0.5, 0.6) is 0 Å². The van der Waals surface area contributed by atoms with Crippen molar-refractivity contribution in [1.29, 1.82) is 0 Å². The molecule has 1 heterocycles. The van der Waals surface area contributed by atoms with E-state index in [0.29, 0.717) is 6.04 Å². The highest BCUT2D eigenvalue weighted by molar-refractivity contribution is 5.83. The smallest absolute Gasteiger partial charge is 0.301 e. The summed E-state index contributed by atoms with van der Waals surface area (Å²) >= 11 is 0. The molecule has 1 aliphatic heterocycles. The van der Waals surface area contributed by atoms with Crippen molar-refractivity contribution in [3.8, 4) is 0 Å². The fourth-order valence-electron chi connectivity index (χ4n) is 4.34. The Bertz CT molecular complexity index is 832. The first-order valence-corrected chi connectivity index (χ1v) is 12.4. The summed E-state index contributed by atoms with van der Waals surface area (Å²) in [5.74, 6) is 0. The van der Waals surface area contributed by atoms with Gasteiger partial charge in [-0.3, -0.25) is 25.7 Å². The van der Waals surface area contributed by atoms with Crippen molar-refractivity contribution in [2.75, 3.05) is 5.43 Å². The van der Waals surface area contributed by atoms with Crippen LogP contribution in [0, 0.1) is 20.2 Å². The van der Waals surface area contributed by atoms with Gasteiger partial charge in [-0.15, -0.1) is 0 Å². The number of nitro groups is 2. The average molecular weight is 478 g/mol. The van der Waals surface area contributed by atoms with Gasteiger partial charge in [0.1, 0.15) is 5.69 Å². The van der Waals surface area contributed by atoms with Gasteiger partial charge in [-0.2, -0.15) is 5.10 Å². The maximum Gasteiger partial charge on any atom is 0.301 e. The fraction of sp³-hybridized carbons (Fsp3) is 0.708. The summed E-state index contributed by atoms with van der Waals surface area (Å²) < 4.78 is 0. The Labute approximate surface area is 201 Å². The minimum atomic E-state index is -0.659. The molecule has 0 saturated carbocycles. The molecule has 3 atom stereocenters. The monoisotopic (exact) mass is 477 g/mol. The summed E-state index contributed by atoms with van der Waals surface area (Å²) in [7, 11) is 0. The van der Waals surface area contributed by atoms with Crippen LogP contribution in [0.1, 0.15) is 90.9 Å². The van der Waals surface area contributed by atoms with Crippen molar-refractivity contribution in [3.63, 3.8) is 0 Å². The van der Waals surface area contributed by atoms with E-state index in [2.05, 4.69) is 22.8 Å². The third kappa shape index (κ3) is 9.72. The Morgan fingerprint density at radius 2 is 1.71 bits per heavy atom. The SMILES string of the molecule is C/C(CCCCCCCCCC[C@H]1CC[C@@H](O)[C@@H](C)N1)=N/Nc1ccc([N+](=O)[O-])cc1[N+](=O)[O-]. The van der Waals surface area contributed by atoms with Gasteiger partial charge in [0.2, 0.25) is 0 Å². The number of non-ortho nitro benzene ring substituents is 1. The second-order valence-electron chi connectivity index (χ2n) is 9.34. The van der Waals surface area contributed by atoms with Crippen molar-refractivity contribution in [3.05, 3.63) is 38.4 Å². The predicted molar refractivity (Wildman–Crippen MR) is 134 cm³/mol. The molecular formula is C24H39N5O5. The molecular weight excluding hydrogens is 438 g/mol. The first-order chi connectivity index (χ1) is 16.3. The number of nitrogens with one attached hydrogen (secondary N) is 2. The molecule has 3 N–H and O–H groups in total. The summed E-state index contributed by atoms with van der Waals surface area (Å²) in [5.41, 5.74) is 2.96. The van der Waals surface area contributed by atoms with E-state index < -0.39 is 9.85 Å². The Morgan fingerprint density at radius 1 is 1.06 bits per heavy atom. The molecule has 0 amide bonds. The molecule has 1 aromatic carbocycles. The number of hydrogen-bond acceptors (Lipinski definition) is 8. The third-order valence-electron chi connectivity index (χ3n) is 6.48. The van der Waals surface area contributed by atoms with E-state index in [4.69, 9.17) is 0 Å². The van der Waals surface area contributed by atoms with Crippen LogP contribution in [0.2, 0.25) is 0 Å². The van der Waals surface area contributed by atoms with E-state index in [1.807, 2.05) is 6.92 Å². The topological polar surface area (TPSA) is 143 Å². The number of benzene rings is 1. The molecule has 0 aliphatic carbocycles. The number of nitrogens with zero attached hydrogens (tertiary/aromatic N) is 3. The highest BCUT2D eigenvalue weighted by Gasteiger charge is 2.24. The summed E-state index contributed by atoms with van der Waals surface area (Å²) in [6.07, 6.45) is 13.4. The number of piperidine rings is 1. The van der Waals surface area contributed by atoms with Crippen molar-refractivity contribution in [2.24, 2.45) is 5.10 Å². The zero-order valence-corrected chi connectivity index (χ0v) is 20.4. The summed E-state index contributed by atoms with van der Waals surface area (Å²) in [6, 6.07) is 4.24. The molecule has 0 bridgehead atoms. The zero-order chi connectivity index (χ0) is 24.9. The largest absolute Gasteiger partial charge is 0.392 e. The lowest BCUT2D eigenvalue weighted by molar-refractivity contribution is -0.393. The quantitative estimate of drug-likeness (QED) is 0.127. The lowest BCUT2D eigenvalue weighted by atomic mass is 9.93. The van der Waals surface area contributed by atoms with Crippen molar-refractivity contribution >= 4 is 22.8 Å². The normalized spacial score (nSPS) is 20.8. The minimum Gasteiger partial charge on any atom is -0.392 e. The molecule has 0 unspecified atom stereocenters. The van der Waals surface area contributed by atoms with Crippen LogP contribution in [0.25, 0.3) is 0 Å². The maximum atomic E-state index is 11.2. The van der Waals surface area contributed by atoms with Crippen LogP contribution in [-0.2, 0) is 0 Å². The lowest BCUT2D eigenvalue weighted by Gasteiger charge is -2.32. The Kier molecular flexibility index (Phi) is 11.9. The Hall–Kier alpha value is -2.59. The number of rotatable bonds is 15. The first-order valence-electron chi connectivity index (χ1n) is 12.4. The van der Waals surface area contributed by atoms with E-state index in [9.17, 15) is 25.3 Å². The average Bonchev–Trinajstić information content (AvgIpc) is 2.80. The van der Waals surface area contributed by atoms with E-state index in [-0.39, 0.29) is 29.2 Å². The summed E-state index contributed by atoms with van der Waals surface area (Å²) in [6.45, 7) is 3.93.